The lowest BCUT2D eigenvalue weighted by Gasteiger charge is -2.20. The minimum absolute atomic E-state index is 0.385. The molecule has 3 rings (SSSR count). The summed E-state index contributed by atoms with van der Waals surface area (Å²) in [5.41, 5.74) is 1.18. The third-order valence-electron chi connectivity index (χ3n) is 4.34. The molecule has 1 aliphatic heterocycles. The monoisotopic (exact) mass is 360 g/mol. The number of hydrogen-bond acceptors (Lipinski definition) is 3. The number of aliphatic imine (C=N–C) groups is 1. The summed E-state index contributed by atoms with van der Waals surface area (Å²) in [4.78, 5) is 6.69. The molecule has 1 saturated heterocycles. The maximum Gasteiger partial charge on any atom is 0.191 e. The number of hydrogen-bond donors (Lipinski definition) is 2. The maximum atomic E-state index is 6.10. The highest BCUT2D eigenvalue weighted by Gasteiger charge is 2.23. The normalized spacial score (nSPS) is 17.8. The van der Waals surface area contributed by atoms with Crippen molar-refractivity contribution in [2.24, 2.45) is 4.99 Å². The van der Waals surface area contributed by atoms with E-state index in [1.165, 1.54) is 5.69 Å². The minimum atomic E-state index is 0.385. The van der Waals surface area contributed by atoms with E-state index in [-0.39, 0.29) is 0 Å². The zero-order valence-corrected chi connectivity index (χ0v) is 15.3. The molecular formula is C18H25ClN6. The molecule has 25 heavy (non-hydrogen) atoms. The van der Waals surface area contributed by atoms with E-state index in [2.05, 4.69) is 31.7 Å². The second kappa shape index (κ2) is 8.76. The lowest BCUT2D eigenvalue weighted by atomic mass is 10.2. The number of rotatable bonds is 6. The van der Waals surface area contributed by atoms with E-state index in [4.69, 9.17) is 11.6 Å². The van der Waals surface area contributed by atoms with Gasteiger partial charge >= 0.3 is 0 Å². The van der Waals surface area contributed by atoms with Crippen LogP contribution in [0.4, 0.5) is 5.69 Å². The van der Waals surface area contributed by atoms with Crippen molar-refractivity contribution in [3.63, 3.8) is 0 Å². The fourth-order valence-corrected chi connectivity index (χ4v) is 3.24. The Balaban J connectivity index is 1.41. The van der Waals surface area contributed by atoms with Crippen molar-refractivity contribution in [1.82, 2.24) is 20.4 Å². The molecule has 1 aromatic carbocycles. The van der Waals surface area contributed by atoms with E-state index < -0.39 is 0 Å². The Bertz CT molecular complexity index is 685. The first-order chi connectivity index (χ1) is 12.2. The minimum Gasteiger partial charge on any atom is -0.369 e. The molecule has 0 spiro atoms. The van der Waals surface area contributed by atoms with Crippen LogP contribution in [-0.2, 0) is 6.54 Å². The van der Waals surface area contributed by atoms with E-state index in [9.17, 15) is 0 Å². The Morgan fingerprint density at radius 2 is 2.32 bits per heavy atom. The van der Waals surface area contributed by atoms with Crippen molar-refractivity contribution in [3.05, 3.63) is 47.7 Å². The van der Waals surface area contributed by atoms with Crippen LogP contribution >= 0.6 is 11.6 Å². The summed E-state index contributed by atoms with van der Waals surface area (Å²) < 4.78 is 1.94. The van der Waals surface area contributed by atoms with Gasteiger partial charge in [0.05, 0.1) is 0 Å². The third kappa shape index (κ3) is 5.13. The van der Waals surface area contributed by atoms with Gasteiger partial charge in [-0.1, -0.05) is 17.7 Å². The summed E-state index contributed by atoms with van der Waals surface area (Å²) in [5.74, 6) is 0.860. The first-order valence-corrected chi connectivity index (χ1v) is 9.07. The van der Waals surface area contributed by atoms with Gasteiger partial charge in [0.2, 0.25) is 0 Å². The molecule has 1 aliphatic rings. The summed E-state index contributed by atoms with van der Waals surface area (Å²) >= 11 is 6.10. The third-order valence-corrected chi connectivity index (χ3v) is 4.58. The molecule has 134 valence electrons. The van der Waals surface area contributed by atoms with Crippen LogP contribution in [0.3, 0.4) is 0 Å². The van der Waals surface area contributed by atoms with E-state index in [1.807, 2.05) is 42.2 Å². The van der Waals surface area contributed by atoms with Gasteiger partial charge in [-0.2, -0.15) is 5.10 Å². The Morgan fingerprint density at radius 1 is 1.40 bits per heavy atom. The average Bonchev–Trinajstić information content (AvgIpc) is 3.29. The highest BCUT2D eigenvalue weighted by atomic mass is 35.5. The molecule has 1 fully saturated rings. The predicted octanol–water partition coefficient (Wildman–Crippen LogP) is 2.37. The SMILES string of the molecule is CN=C(NCCCn1cccn1)NC1CCN(c2cccc(Cl)c2)C1. The largest absolute Gasteiger partial charge is 0.369 e. The summed E-state index contributed by atoms with van der Waals surface area (Å²) in [7, 11) is 1.81. The summed E-state index contributed by atoms with van der Waals surface area (Å²) in [6.45, 7) is 3.75. The van der Waals surface area contributed by atoms with Gasteiger partial charge in [0.25, 0.3) is 0 Å². The standard InChI is InChI=1S/C18H25ClN6/c1-20-18(21-8-3-10-25-11-4-9-22-25)23-16-7-12-24(14-16)17-6-2-5-15(19)13-17/h2,4-6,9,11,13,16H,3,7-8,10,12,14H2,1H3,(H2,20,21,23). The number of nitrogens with zero attached hydrogens (tertiary/aromatic N) is 4. The van der Waals surface area contributed by atoms with E-state index in [0.29, 0.717) is 6.04 Å². The van der Waals surface area contributed by atoms with Crippen LogP contribution in [0.25, 0.3) is 0 Å². The first kappa shape index (κ1) is 17.6. The lowest BCUT2D eigenvalue weighted by Crippen LogP contribution is -2.45. The van der Waals surface area contributed by atoms with Crippen LogP contribution in [0.15, 0.2) is 47.7 Å². The van der Waals surface area contributed by atoms with E-state index >= 15 is 0 Å². The van der Waals surface area contributed by atoms with Crippen molar-refractivity contribution in [1.29, 1.82) is 0 Å². The average molecular weight is 361 g/mol. The topological polar surface area (TPSA) is 57.5 Å². The van der Waals surface area contributed by atoms with Gasteiger partial charge in [-0.05, 0) is 37.1 Å². The summed E-state index contributed by atoms with van der Waals surface area (Å²) in [6.07, 6.45) is 5.87. The van der Waals surface area contributed by atoms with E-state index in [1.54, 1.807) is 6.20 Å². The van der Waals surface area contributed by atoms with Gasteiger partial charge in [0.1, 0.15) is 0 Å². The molecule has 1 unspecified atom stereocenters. The van der Waals surface area contributed by atoms with Crippen molar-refractivity contribution in [2.45, 2.75) is 25.4 Å². The number of halogens is 1. The van der Waals surface area contributed by atoms with Crippen LogP contribution in [0.2, 0.25) is 5.02 Å². The predicted molar refractivity (Wildman–Crippen MR) is 103 cm³/mol. The number of anilines is 1. The lowest BCUT2D eigenvalue weighted by molar-refractivity contribution is 0.566. The smallest absolute Gasteiger partial charge is 0.191 e. The van der Waals surface area contributed by atoms with E-state index in [0.717, 1.165) is 50.0 Å². The second-order valence-corrected chi connectivity index (χ2v) is 6.61. The number of aromatic nitrogens is 2. The molecule has 6 nitrogen and oxygen atoms in total. The second-order valence-electron chi connectivity index (χ2n) is 6.18. The molecule has 1 atom stereocenters. The highest BCUT2D eigenvalue weighted by molar-refractivity contribution is 6.30. The molecular weight excluding hydrogens is 336 g/mol. The molecule has 0 amide bonds. The van der Waals surface area contributed by atoms with Gasteiger partial charge < -0.3 is 15.5 Å². The van der Waals surface area contributed by atoms with Crippen molar-refractivity contribution >= 4 is 23.2 Å². The van der Waals surface area contributed by atoms with Crippen LogP contribution in [0.5, 0.6) is 0 Å². The van der Waals surface area contributed by atoms with Gasteiger partial charge in [0, 0.05) is 62.4 Å². The van der Waals surface area contributed by atoms with Crippen LogP contribution in [0, 0.1) is 0 Å². The van der Waals surface area contributed by atoms with Gasteiger partial charge in [0.15, 0.2) is 5.96 Å². The fraction of sp³-hybridized carbons (Fsp3) is 0.444. The molecule has 0 bridgehead atoms. The molecule has 0 saturated carbocycles. The quantitative estimate of drug-likeness (QED) is 0.472. The van der Waals surface area contributed by atoms with Crippen LogP contribution < -0.4 is 15.5 Å². The Morgan fingerprint density at radius 3 is 3.08 bits per heavy atom. The number of aryl methyl sites for hydroxylation is 1. The first-order valence-electron chi connectivity index (χ1n) is 8.70. The van der Waals surface area contributed by atoms with Crippen LogP contribution in [-0.4, -0.2) is 48.5 Å². The van der Waals surface area contributed by atoms with Gasteiger partial charge in [-0.15, -0.1) is 0 Å². The molecule has 2 aromatic rings. The molecule has 0 aliphatic carbocycles. The van der Waals surface area contributed by atoms with Gasteiger partial charge in [-0.3, -0.25) is 9.67 Å². The maximum absolute atomic E-state index is 6.10. The zero-order valence-electron chi connectivity index (χ0n) is 14.5. The molecule has 2 N–H and O–H groups in total. The van der Waals surface area contributed by atoms with Crippen molar-refractivity contribution in [2.75, 3.05) is 31.6 Å². The zero-order chi connectivity index (χ0) is 17.5. The van der Waals surface area contributed by atoms with Crippen LogP contribution in [0.1, 0.15) is 12.8 Å². The van der Waals surface area contributed by atoms with Gasteiger partial charge in [-0.25, -0.2) is 0 Å². The molecule has 7 heteroatoms. The Hall–Kier alpha value is -2.21. The number of benzene rings is 1. The molecule has 1 aromatic heterocycles. The Labute approximate surface area is 153 Å². The van der Waals surface area contributed by atoms with Crippen molar-refractivity contribution < 1.29 is 0 Å². The number of nitrogens with one attached hydrogen (secondary N) is 2. The summed E-state index contributed by atoms with van der Waals surface area (Å²) in [5, 5.41) is 11.9. The van der Waals surface area contributed by atoms with Crippen molar-refractivity contribution in [3.8, 4) is 0 Å². The fourth-order valence-electron chi connectivity index (χ4n) is 3.05. The molecule has 2 heterocycles. The molecule has 0 radical (unpaired) electrons. The summed E-state index contributed by atoms with van der Waals surface area (Å²) in [6, 6.07) is 10.4. The number of guanidine groups is 1. The highest BCUT2D eigenvalue weighted by Crippen LogP contribution is 2.23. The Kier molecular flexibility index (Phi) is 6.17.